The van der Waals surface area contributed by atoms with E-state index in [1.165, 1.54) is 0 Å². The molecular formula is C14H11N3O4-2. The van der Waals surface area contributed by atoms with Crippen LogP contribution in [-0.4, -0.2) is 22.6 Å². The monoisotopic (exact) mass is 285 g/mol. The summed E-state index contributed by atoms with van der Waals surface area (Å²) in [5, 5.41) is 25.7. The summed E-state index contributed by atoms with van der Waals surface area (Å²) in [5.74, 6) is -2.54. The molecule has 2 rings (SSSR count). The van der Waals surface area contributed by atoms with Gasteiger partial charge in [0.1, 0.15) is 5.82 Å². The van der Waals surface area contributed by atoms with Crippen LogP contribution in [0, 0.1) is 0 Å². The largest absolute Gasteiger partial charge is 0.550 e. The summed E-state index contributed by atoms with van der Waals surface area (Å²) >= 11 is 0. The van der Waals surface area contributed by atoms with Crippen molar-refractivity contribution in [2.24, 2.45) is 5.10 Å². The highest BCUT2D eigenvalue weighted by Crippen LogP contribution is 2.14. The fourth-order valence-electron chi connectivity index (χ4n) is 1.68. The number of para-hydroxylation sites is 1. The highest BCUT2D eigenvalue weighted by molar-refractivity contribution is 6.34. The van der Waals surface area contributed by atoms with Gasteiger partial charge in [0.2, 0.25) is 0 Å². The van der Waals surface area contributed by atoms with E-state index < -0.39 is 24.1 Å². The van der Waals surface area contributed by atoms with E-state index in [0.717, 1.165) is 10.9 Å². The number of aliphatic carboxylic acids is 2. The minimum absolute atomic E-state index is 0.286. The number of aromatic nitrogens is 1. The highest BCUT2D eigenvalue weighted by atomic mass is 16.4. The lowest BCUT2D eigenvalue weighted by Gasteiger charge is -2.09. The summed E-state index contributed by atoms with van der Waals surface area (Å²) in [6, 6.07) is 10.8. The molecule has 2 aromatic rings. The third kappa shape index (κ3) is 4.00. The topological polar surface area (TPSA) is 118 Å². The standard InChI is InChI=1S/C14H13N3O4/c18-13(19)8-6-11(14(20)21)16-17-12-7-5-9-3-1-2-4-10(9)15-12/h1-5,7H,6,8H2,(H,15,17)(H,18,19)(H,20,21)/p-2. The van der Waals surface area contributed by atoms with Crippen molar-refractivity contribution in [3.05, 3.63) is 36.4 Å². The van der Waals surface area contributed by atoms with E-state index >= 15 is 0 Å². The van der Waals surface area contributed by atoms with Crippen molar-refractivity contribution in [1.82, 2.24) is 4.98 Å². The van der Waals surface area contributed by atoms with Crippen LogP contribution in [0.25, 0.3) is 10.9 Å². The second kappa shape index (κ2) is 6.47. The van der Waals surface area contributed by atoms with Crippen LogP contribution in [0.15, 0.2) is 41.5 Å². The molecule has 7 heteroatoms. The Kier molecular flexibility index (Phi) is 4.45. The molecule has 0 amide bonds. The van der Waals surface area contributed by atoms with Gasteiger partial charge in [0.15, 0.2) is 0 Å². The van der Waals surface area contributed by atoms with Crippen molar-refractivity contribution >= 4 is 34.4 Å². The van der Waals surface area contributed by atoms with Gasteiger partial charge in [0, 0.05) is 11.4 Å². The van der Waals surface area contributed by atoms with E-state index in [1.54, 1.807) is 18.2 Å². The minimum Gasteiger partial charge on any atom is -0.550 e. The number of pyridine rings is 1. The number of nitrogens with one attached hydrogen (secondary N) is 1. The number of hydrazone groups is 1. The Hall–Kier alpha value is -2.96. The van der Waals surface area contributed by atoms with Gasteiger partial charge in [0.05, 0.1) is 17.2 Å². The predicted molar refractivity (Wildman–Crippen MR) is 72.0 cm³/mol. The quantitative estimate of drug-likeness (QED) is 0.553. The first-order valence-corrected chi connectivity index (χ1v) is 6.16. The molecule has 1 aromatic carbocycles. The summed E-state index contributed by atoms with van der Waals surface area (Å²) in [5.41, 5.74) is 2.80. The number of carboxylic acid groups (broad SMARTS) is 2. The second-order valence-corrected chi connectivity index (χ2v) is 4.22. The number of hydrogen-bond acceptors (Lipinski definition) is 7. The van der Waals surface area contributed by atoms with Crippen LogP contribution in [0.2, 0.25) is 0 Å². The van der Waals surface area contributed by atoms with Crippen molar-refractivity contribution in [3.63, 3.8) is 0 Å². The molecule has 0 aliphatic carbocycles. The molecule has 1 aromatic heterocycles. The lowest BCUT2D eigenvalue weighted by atomic mass is 10.2. The molecule has 0 bridgehead atoms. The maximum atomic E-state index is 10.8. The number of fused-ring (bicyclic) bond motifs is 1. The molecule has 0 saturated carbocycles. The third-order valence-corrected chi connectivity index (χ3v) is 2.71. The van der Waals surface area contributed by atoms with Gasteiger partial charge < -0.3 is 19.8 Å². The van der Waals surface area contributed by atoms with Crippen molar-refractivity contribution in [3.8, 4) is 0 Å². The molecule has 0 aliphatic heterocycles. The van der Waals surface area contributed by atoms with Crippen molar-refractivity contribution < 1.29 is 19.8 Å². The van der Waals surface area contributed by atoms with Crippen LogP contribution in [0.1, 0.15) is 12.8 Å². The van der Waals surface area contributed by atoms with E-state index in [1.807, 2.05) is 18.2 Å². The number of carbonyl (C=O) groups excluding carboxylic acids is 2. The zero-order chi connectivity index (χ0) is 15.2. The molecule has 0 spiro atoms. The van der Waals surface area contributed by atoms with E-state index in [9.17, 15) is 19.8 Å². The zero-order valence-electron chi connectivity index (χ0n) is 10.9. The first kappa shape index (κ1) is 14.4. The Morgan fingerprint density at radius 3 is 2.57 bits per heavy atom. The van der Waals surface area contributed by atoms with E-state index in [0.29, 0.717) is 5.82 Å². The molecule has 0 atom stereocenters. The first-order valence-electron chi connectivity index (χ1n) is 6.16. The molecule has 0 radical (unpaired) electrons. The Morgan fingerprint density at radius 2 is 1.86 bits per heavy atom. The smallest absolute Gasteiger partial charge is 0.146 e. The van der Waals surface area contributed by atoms with Gasteiger partial charge in [-0.15, -0.1) is 0 Å². The molecule has 0 saturated heterocycles. The second-order valence-electron chi connectivity index (χ2n) is 4.22. The van der Waals surface area contributed by atoms with Gasteiger partial charge in [-0.3, -0.25) is 5.43 Å². The number of hydrogen-bond donors (Lipinski definition) is 1. The van der Waals surface area contributed by atoms with Gasteiger partial charge in [0.25, 0.3) is 0 Å². The Bertz CT molecular complexity index is 712. The first-order chi connectivity index (χ1) is 10.1. The van der Waals surface area contributed by atoms with Crippen LogP contribution in [0.5, 0.6) is 0 Å². The minimum atomic E-state index is -1.54. The predicted octanol–water partition coefficient (Wildman–Crippen LogP) is -0.717. The molecule has 21 heavy (non-hydrogen) atoms. The van der Waals surface area contributed by atoms with Crippen LogP contribution < -0.4 is 15.6 Å². The van der Waals surface area contributed by atoms with Gasteiger partial charge in [-0.25, -0.2) is 4.98 Å². The van der Waals surface area contributed by atoms with E-state index in [4.69, 9.17) is 0 Å². The summed E-state index contributed by atoms with van der Waals surface area (Å²) in [7, 11) is 0. The van der Waals surface area contributed by atoms with Gasteiger partial charge in [-0.2, -0.15) is 5.10 Å². The zero-order valence-corrected chi connectivity index (χ0v) is 10.9. The number of carboxylic acids is 2. The summed E-state index contributed by atoms with van der Waals surface area (Å²) in [6.07, 6.45) is -0.731. The van der Waals surface area contributed by atoms with Crippen molar-refractivity contribution in [1.29, 1.82) is 0 Å². The molecule has 0 unspecified atom stereocenters. The van der Waals surface area contributed by atoms with Crippen molar-refractivity contribution in [2.45, 2.75) is 12.8 Å². The summed E-state index contributed by atoms with van der Waals surface area (Å²) in [4.78, 5) is 25.4. The fraction of sp³-hybridized carbons (Fsp3) is 0.143. The molecule has 0 fully saturated rings. The number of nitrogens with zero attached hydrogens (tertiary/aromatic N) is 2. The highest BCUT2D eigenvalue weighted by Gasteiger charge is 2.02. The maximum absolute atomic E-state index is 10.8. The summed E-state index contributed by atoms with van der Waals surface area (Å²) in [6.45, 7) is 0. The average Bonchev–Trinajstić information content (AvgIpc) is 2.46. The van der Waals surface area contributed by atoms with Crippen LogP contribution >= 0.6 is 0 Å². The lowest BCUT2D eigenvalue weighted by molar-refractivity contribution is -0.305. The average molecular weight is 285 g/mol. The molecule has 108 valence electrons. The Balaban J connectivity index is 2.15. The number of carbonyl (C=O) groups is 2. The van der Waals surface area contributed by atoms with Crippen LogP contribution in [-0.2, 0) is 9.59 Å². The van der Waals surface area contributed by atoms with Crippen LogP contribution in [0.3, 0.4) is 0 Å². The molecular weight excluding hydrogens is 274 g/mol. The fourth-order valence-corrected chi connectivity index (χ4v) is 1.68. The van der Waals surface area contributed by atoms with Gasteiger partial charge in [-0.1, -0.05) is 18.2 Å². The summed E-state index contributed by atoms with van der Waals surface area (Å²) < 4.78 is 0. The van der Waals surface area contributed by atoms with E-state index in [-0.39, 0.29) is 6.42 Å². The van der Waals surface area contributed by atoms with Gasteiger partial charge in [-0.05, 0) is 31.0 Å². The van der Waals surface area contributed by atoms with E-state index in [2.05, 4.69) is 15.5 Å². The SMILES string of the molecule is O=C([O-])CCC(=NNc1ccc2ccccc2n1)C(=O)[O-]. The number of rotatable bonds is 6. The molecule has 7 nitrogen and oxygen atoms in total. The lowest BCUT2D eigenvalue weighted by Crippen LogP contribution is -2.34. The maximum Gasteiger partial charge on any atom is 0.146 e. The molecule has 1 N–H and O–H groups in total. The van der Waals surface area contributed by atoms with Crippen LogP contribution in [0.4, 0.5) is 5.82 Å². The van der Waals surface area contributed by atoms with Crippen molar-refractivity contribution in [2.75, 3.05) is 5.43 Å². The normalized spacial score (nSPS) is 11.3. The number of anilines is 1. The molecule has 0 aliphatic rings. The Labute approximate surface area is 119 Å². The number of benzene rings is 1. The Morgan fingerprint density at radius 1 is 1.10 bits per heavy atom. The van der Waals surface area contributed by atoms with Gasteiger partial charge >= 0.3 is 0 Å². The molecule has 1 heterocycles. The third-order valence-electron chi connectivity index (χ3n) is 2.71.